The molecule has 0 aromatic heterocycles. The van der Waals surface area contributed by atoms with Gasteiger partial charge in [-0.3, -0.25) is 9.79 Å². The summed E-state index contributed by atoms with van der Waals surface area (Å²) in [5.74, 6) is 0.437. The molecule has 1 aromatic rings. The number of hydrogen-bond acceptors (Lipinski definition) is 2. The maximum atomic E-state index is 13.3. The number of aliphatic imine (C=N–C) groups is 1. The van der Waals surface area contributed by atoms with E-state index >= 15 is 0 Å². The van der Waals surface area contributed by atoms with E-state index in [0.717, 1.165) is 0 Å². The van der Waals surface area contributed by atoms with E-state index in [9.17, 15) is 18.0 Å². The van der Waals surface area contributed by atoms with E-state index < -0.39 is 11.7 Å². The third-order valence-corrected chi connectivity index (χ3v) is 5.61. The van der Waals surface area contributed by atoms with Crippen LogP contribution in [0.3, 0.4) is 0 Å². The number of hydrogen-bond donors (Lipinski definition) is 0. The van der Waals surface area contributed by atoms with E-state index in [1.807, 2.05) is 11.0 Å². The number of rotatable bonds is 2. The Morgan fingerprint density at radius 1 is 1.12 bits per heavy atom. The highest BCUT2D eigenvalue weighted by molar-refractivity contribution is 5.96. The van der Waals surface area contributed by atoms with Crippen LogP contribution in [0.15, 0.2) is 41.0 Å². The summed E-state index contributed by atoms with van der Waals surface area (Å²) in [5.41, 5.74) is 0.391. The fourth-order valence-corrected chi connectivity index (χ4v) is 4.50. The largest absolute Gasteiger partial charge is 0.416 e. The standard InChI is InChI=1S/C19H19F3N2O/c20-19(21,22)16-5-2-1-4-15(16)12-8-13-10-24(11-14(13)9-12)18(25)17-6-3-7-23-17/h1-2,4-7,12-14H,3,8-11H2/t12-,13-,14+. The molecule has 132 valence electrons. The molecule has 1 aliphatic carbocycles. The van der Waals surface area contributed by atoms with E-state index in [0.29, 0.717) is 43.6 Å². The summed E-state index contributed by atoms with van der Waals surface area (Å²) in [4.78, 5) is 18.3. The molecule has 2 heterocycles. The van der Waals surface area contributed by atoms with Crippen LogP contribution in [0, 0.1) is 11.8 Å². The van der Waals surface area contributed by atoms with Crippen LogP contribution in [0.25, 0.3) is 0 Å². The molecule has 0 spiro atoms. The minimum Gasteiger partial charge on any atom is -0.337 e. The van der Waals surface area contributed by atoms with Gasteiger partial charge in [-0.1, -0.05) is 18.2 Å². The number of halogens is 3. The fraction of sp³-hybridized carbons (Fsp3) is 0.474. The molecular weight excluding hydrogens is 329 g/mol. The number of alkyl halides is 3. The van der Waals surface area contributed by atoms with E-state index in [4.69, 9.17) is 0 Å². The third-order valence-electron chi connectivity index (χ3n) is 5.61. The molecule has 3 nitrogen and oxygen atoms in total. The van der Waals surface area contributed by atoms with Crippen LogP contribution in [-0.2, 0) is 11.0 Å². The second-order valence-corrected chi connectivity index (χ2v) is 7.12. The van der Waals surface area contributed by atoms with Crippen LogP contribution < -0.4 is 0 Å². The molecule has 0 unspecified atom stereocenters. The Labute approximate surface area is 144 Å². The van der Waals surface area contributed by atoms with Crippen LogP contribution in [-0.4, -0.2) is 30.1 Å². The first-order valence-corrected chi connectivity index (χ1v) is 8.61. The Kier molecular flexibility index (Phi) is 3.93. The second-order valence-electron chi connectivity index (χ2n) is 7.12. The van der Waals surface area contributed by atoms with Gasteiger partial charge in [0.05, 0.1) is 5.56 Å². The molecule has 2 aliphatic heterocycles. The van der Waals surface area contributed by atoms with E-state index in [1.54, 1.807) is 18.3 Å². The van der Waals surface area contributed by atoms with Gasteiger partial charge in [0.1, 0.15) is 5.70 Å². The molecule has 0 radical (unpaired) electrons. The Balaban J connectivity index is 1.47. The summed E-state index contributed by atoms with van der Waals surface area (Å²) in [6.45, 7) is 1.25. The molecule has 2 fully saturated rings. The van der Waals surface area contributed by atoms with Gasteiger partial charge < -0.3 is 4.90 Å². The van der Waals surface area contributed by atoms with Crippen molar-refractivity contribution in [2.24, 2.45) is 16.8 Å². The summed E-state index contributed by atoms with van der Waals surface area (Å²) in [5, 5.41) is 0. The predicted octanol–water partition coefficient (Wildman–Crippen LogP) is 4.02. The number of nitrogens with zero attached hydrogens (tertiary/aromatic N) is 2. The van der Waals surface area contributed by atoms with Crippen LogP contribution in [0.5, 0.6) is 0 Å². The van der Waals surface area contributed by atoms with E-state index in [2.05, 4.69) is 4.99 Å². The first-order valence-electron chi connectivity index (χ1n) is 8.61. The number of benzene rings is 1. The summed E-state index contributed by atoms with van der Waals surface area (Å²) in [6, 6.07) is 5.90. The number of likely N-dealkylation sites (tertiary alicyclic amines) is 1. The highest BCUT2D eigenvalue weighted by Crippen LogP contribution is 2.49. The lowest BCUT2D eigenvalue weighted by atomic mass is 9.91. The van der Waals surface area contributed by atoms with Crippen LogP contribution in [0.4, 0.5) is 13.2 Å². The molecule has 0 N–H and O–H groups in total. The van der Waals surface area contributed by atoms with E-state index in [-0.39, 0.29) is 23.7 Å². The van der Waals surface area contributed by atoms with Crippen LogP contribution >= 0.6 is 0 Å². The van der Waals surface area contributed by atoms with Crippen molar-refractivity contribution in [3.8, 4) is 0 Å². The van der Waals surface area contributed by atoms with Crippen molar-refractivity contribution in [2.75, 3.05) is 13.1 Å². The molecule has 1 saturated carbocycles. The first kappa shape index (κ1) is 16.4. The Morgan fingerprint density at radius 3 is 2.40 bits per heavy atom. The SMILES string of the molecule is O=C(C1=CCC=N1)N1C[C@H]2C[C@@H](c3ccccc3C(F)(F)F)C[C@H]2C1. The molecule has 1 aromatic carbocycles. The molecule has 1 saturated heterocycles. The van der Waals surface area contributed by atoms with Gasteiger partial charge in [-0.25, -0.2) is 0 Å². The summed E-state index contributed by atoms with van der Waals surface area (Å²) >= 11 is 0. The van der Waals surface area contributed by atoms with Crippen molar-refractivity contribution in [3.05, 3.63) is 47.2 Å². The minimum atomic E-state index is -4.32. The Morgan fingerprint density at radius 2 is 1.80 bits per heavy atom. The zero-order valence-corrected chi connectivity index (χ0v) is 13.7. The van der Waals surface area contributed by atoms with E-state index in [1.165, 1.54) is 12.1 Å². The number of carbonyl (C=O) groups is 1. The second kappa shape index (κ2) is 6.00. The van der Waals surface area contributed by atoms with Crippen molar-refractivity contribution >= 4 is 12.1 Å². The maximum absolute atomic E-state index is 13.3. The van der Waals surface area contributed by atoms with Gasteiger partial charge in [-0.15, -0.1) is 0 Å². The molecule has 3 atom stereocenters. The normalized spacial score (nSPS) is 28.4. The van der Waals surface area contributed by atoms with Gasteiger partial charge in [-0.2, -0.15) is 13.2 Å². The lowest BCUT2D eigenvalue weighted by molar-refractivity contribution is -0.138. The Hall–Kier alpha value is -2.11. The fourth-order valence-electron chi connectivity index (χ4n) is 4.50. The molecule has 3 aliphatic rings. The zero-order valence-electron chi connectivity index (χ0n) is 13.7. The van der Waals surface area contributed by atoms with Crippen LogP contribution in [0.1, 0.15) is 36.3 Å². The lowest BCUT2D eigenvalue weighted by Crippen LogP contribution is -2.30. The number of amides is 1. The highest BCUT2D eigenvalue weighted by atomic mass is 19.4. The molecular formula is C19H19F3N2O. The van der Waals surface area contributed by atoms with Crippen molar-refractivity contribution in [2.45, 2.75) is 31.4 Å². The topological polar surface area (TPSA) is 32.7 Å². The van der Waals surface area contributed by atoms with Gasteiger partial charge in [0.2, 0.25) is 0 Å². The lowest BCUT2D eigenvalue weighted by Gasteiger charge is -2.21. The average Bonchev–Trinajstić information content (AvgIpc) is 3.29. The van der Waals surface area contributed by atoms with Gasteiger partial charge >= 0.3 is 6.18 Å². The first-order chi connectivity index (χ1) is 11.9. The molecule has 6 heteroatoms. The van der Waals surface area contributed by atoms with Gasteiger partial charge in [0.15, 0.2) is 0 Å². The highest BCUT2D eigenvalue weighted by Gasteiger charge is 2.45. The van der Waals surface area contributed by atoms with Gasteiger partial charge in [0, 0.05) is 25.7 Å². The average molecular weight is 348 g/mol. The van der Waals surface area contributed by atoms with Crippen molar-refractivity contribution < 1.29 is 18.0 Å². The van der Waals surface area contributed by atoms with Crippen LogP contribution in [0.2, 0.25) is 0 Å². The third kappa shape index (κ3) is 2.98. The van der Waals surface area contributed by atoms with Crippen molar-refractivity contribution in [1.29, 1.82) is 0 Å². The van der Waals surface area contributed by atoms with Crippen molar-refractivity contribution in [1.82, 2.24) is 4.90 Å². The Bertz CT molecular complexity index is 739. The molecule has 4 rings (SSSR count). The summed E-state index contributed by atoms with van der Waals surface area (Å²) < 4.78 is 39.8. The zero-order chi connectivity index (χ0) is 17.6. The maximum Gasteiger partial charge on any atom is 0.416 e. The summed E-state index contributed by atoms with van der Waals surface area (Å²) in [6.07, 6.45) is 1.34. The predicted molar refractivity (Wildman–Crippen MR) is 88.2 cm³/mol. The van der Waals surface area contributed by atoms with Gasteiger partial charge in [-0.05, 0) is 48.3 Å². The quantitative estimate of drug-likeness (QED) is 0.795. The molecule has 1 amide bonds. The smallest absolute Gasteiger partial charge is 0.337 e. The monoisotopic (exact) mass is 348 g/mol. The number of carbonyl (C=O) groups excluding carboxylic acids is 1. The minimum absolute atomic E-state index is 0.0459. The summed E-state index contributed by atoms with van der Waals surface area (Å²) in [7, 11) is 0. The van der Waals surface area contributed by atoms with Gasteiger partial charge in [0.25, 0.3) is 5.91 Å². The number of fused-ring (bicyclic) bond motifs is 1. The molecule has 25 heavy (non-hydrogen) atoms. The van der Waals surface area contributed by atoms with Crippen molar-refractivity contribution in [3.63, 3.8) is 0 Å². The number of allylic oxidation sites excluding steroid dienone is 1. The molecule has 0 bridgehead atoms.